The Morgan fingerprint density at radius 3 is 2.65 bits per heavy atom. The maximum atomic E-state index is 11.5. The lowest BCUT2D eigenvalue weighted by Gasteiger charge is -2.40. The molecule has 1 atom stereocenters. The van der Waals surface area contributed by atoms with Crippen molar-refractivity contribution in [3.63, 3.8) is 0 Å². The molecular weight excluding hydrogens is 486 g/mol. The number of fused-ring (bicyclic) bond motifs is 2. The van der Waals surface area contributed by atoms with E-state index in [4.69, 9.17) is 4.98 Å². The van der Waals surface area contributed by atoms with Crippen molar-refractivity contribution in [2.75, 3.05) is 43.1 Å². The molecule has 1 aliphatic rings. The normalized spacial score (nSPS) is 17.5. The van der Waals surface area contributed by atoms with Crippen LogP contribution in [0.15, 0.2) is 24.7 Å². The van der Waals surface area contributed by atoms with Crippen molar-refractivity contribution >= 4 is 32.3 Å². The molecule has 0 aromatic carbocycles. The summed E-state index contributed by atoms with van der Waals surface area (Å²) in [6.07, 6.45) is 5.65. The lowest BCUT2D eigenvalue weighted by atomic mass is 9.95. The average Bonchev–Trinajstić information content (AvgIpc) is 3.45. The van der Waals surface area contributed by atoms with E-state index in [-0.39, 0.29) is 11.7 Å². The highest BCUT2D eigenvalue weighted by atomic mass is 32.2. The zero-order valence-corrected chi connectivity index (χ0v) is 23.4. The van der Waals surface area contributed by atoms with Crippen LogP contribution in [-0.4, -0.2) is 82.1 Å². The van der Waals surface area contributed by atoms with Crippen molar-refractivity contribution in [1.82, 2.24) is 29.5 Å². The average molecular weight is 524 g/mol. The Bertz CT molecular complexity index is 1550. The fourth-order valence-electron chi connectivity index (χ4n) is 5.55. The van der Waals surface area contributed by atoms with Gasteiger partial charge in [-0.15, -0.1) is 0 Å². The number of nitrogens with one attached hydrogen (secondary N) is 1. The second-order valence-electron chi connectivity index (χ2n) is 10.8. The number of hydrogen-bond acceptors (Lipinski definition) is 7. The topological polar surface area (TPSA) is 99.5 Å². The molecule has 0 spiro atoms. The molecule has 0 unspecified atom stereocenters. The molecule has 37 heavy (non-hydrogen) atoms. The highest BCUT2D eigenvalue weighted by molar-refractivity contribution is 7.90. The second-order valence-corrected chi connectivity index (χ2v) is 13.0. The fraction of sp³-hybridized carbons (Fsp3) is 0.519. The molecule has 198 valence electrons. The van der Waals surface area contributed by atoms with Gasteiger partial charge in [-0.2, -0.15) is 5.10 Å². The molecule has 0 amide bonds. The molecule has 1 N–H and O–H groups in total. The predicted octanol–water partition coefficient (Wildman–Crippen LogP) is 3.96. The molecule has 1 aliphatic heterocycles. The van der Waals surface area contributed by atoms with Crippen LogP contribution in [0.2, 0.25) is 0 Å². The largest absolute Gasteiger partial charge is 0.354 e. The van der Waals surface area contributed by atoms with Crippen LogP contribution in [-0.2, 0) is 9.84 Å². The Morgan fingerprint density at radius 1 is 1.16 bits per heavy atom. The van der Waals surface area contributed by atoms with Gasteiger partial charge in [-0.25, -0.2) is 22.9 Å². The summed E-state index contributed by atoms with van der Waals surface area (Å²) in [5.41, 5.74) is 8.68. The third-order valence-electron chi connectivity index (χ3n) is 7.69. The van der Waals surface area contributed by atoms with Gasteiger partial charge in [0.1, 0.15) is 22.0 Å². The summed E-state index contributed by atoms with van der Waals surface area (Å²) in [7, 11) is -2.92. The van der Waals surface area contributed by atoms with Crippen molar-refractivity contribution in [1.29, 1.82) is 0 Å². The Morgan fingerprint density at radius 2 is 1.95 bits per heavy atom. The number of aromatic nitrogens is 5. The van der Waals surface area contributed by atoms with Gasteiger partial charge in [-0.05, 0) is 62.9 Å². The number of piperazine rings is 1. The van der Waals surface area contributed by atoms with Crippen molar-refractivity contribution in [3.8, 4) is 11.3 Å². The van der Waals surface area contributed by atoms with E-state index in [1.807, 2.05) is 4.52 Å². The van der Waals surface area contributed by atoms with Crippen molar-refractivity contribution in [3.05, 3.63) is 41.3 Å². The second kappa shape index (κ2) is 9.72. The molecule has 0 aliphatic carbocycles. The minimum absolute atomic E-state index is 0.245. The number of H-pyrrole nitrogens is 1. The first-order chi connectivity index (χ1) is 17.5. The molecule has 5 rings (SSSR count). The fourth-order valence-corrected chi connectivity index (χ4v) is 6.20. The Kier molecular flexibility index (Phi) is 6.74. The number of anilines is 1. The van der Waals surface area contributed by atoms with Crippen LogP contribution in [0.25, 0.3) is 27.9 Å². The molecule has 5 heterocycles. The number of aromatic amines is 1. The number of nitrogens with zero attached hydrogens (tertiary/aromatic N) is 6. The van der Waals surface area contributed by atoms with Crippen LogP contribution < -0.4 is 4.90 Å². The van der Waals surface area contributed by atoms with Gasteiger partial charge < -0.3 is 9.88 Å². The quantitative estimate of drug-likeness (QED) is 0.391. The van der Waals surface area contributed by atoms with E-state index in [0.717, 1.165) is 65.5 Å². The predicted molar refractivity (Wildman–Crippen MR) is 149 cm³/mol. The van der Waals surface area contributed by atoms with Crippen molar-refractivity contribution < 1.29 is 8.42 Å². The van der Waals surface area contributed by atoms with Gasteiger partial charge in [0.15, 0.2) is 5.65 Å². The molecule has 10 heteroatoms. The smallest absolute Gasteiger partial charge is 0.158 e. The molecule has 0 radical (unpaired) electrons. The van der Waals surface area contributed by atoms with E-state index in [2.05, 4.69) is 77.8 Å². The lowest BCUT2D eigenvalue weighted by molar-refractivity contribution is 0.189. The molecule has 4 aromatic heterocycles. The SMILES string of the molecule is Cc1c(-c2[nH]c3ccc(N4CCN(CCCS(C)(=O)=O)[C@H](C)C4)nc3c2C(C)C)cn2ncnc2c1C. The van der Waals surface area contributed by atoms with Gasteiger partial charge in [0.25, 0.3) is 0 Å². The van der Waals surface area contributed by atoms with Crippen LogP contribution in [0, 0.1) is 13.8 Å². The number of pyridine rings is 2. The number of hydrogen-bond donors (Lipinski definition) is 1. The zero-order valence-electron chi connectivity index (χ0n) is 22.6. The van der Waals surface area contributed by atoms with Crippen LogP contribution >= 0.6 is 0 Å². The molecule has 0 bridgehead atoms. The highest BCUT2D eigenvalue weighted by Crippen LogP contribution is 2.38. The summed E-state index contributed by atoms with van der Waals surface area (Å²) in [5.74, 6) is 1.51. The molecule has 9 nitrogen and oxygen atoms in total. The molecule has 0 saturated carbocycles. The zero-order chi connectivity index (χ0) is 26.5. The van der Waals surface area contributed by atoms with E-state index in [9.17, 15) is 8.42 Å². The molecular formula is C27H37N7O2S. The minimum atomic E-state index is -2.92. The van der Waals surface area contributed by atoms with Crippen LogP contribution in [0.3, 0.4) is 0 Å². The summed E-state index contributed by atoms with van der Waals surface area (Å²) in [5, 5.41) is 4.39. The van der Waals surface area contributed by atoms with Crippen molar-refractivity contribution in [2.45, 2.75) is 53.0 Å². The van der Waals surface area contributed by atoms with Gasteiger partial charge in [0, 0.05) is 49.3 Å². The van der Waals surface area contributed by atoms with Crippen LogP contribution in [0.1, 0.15) is 49.8 Å². The summed E-state index contributed by atoms with van der Waals surface area (Å²) in [6.45, 7) is 14.3. The maximum Gasteiger partial charge on any atom is 0.158 e. The monoisotopic (exact) mass is 523 g/mol. The first kappa shape index (κ1) is 25.7. The van der Waals surface area contributed by atoms with E-state index >= 15 is 0 Å². The number of sulfone groups is 1. The van der Waals surface area contributed by atoms with E-state index in [0.29, 0.717) is 12.5 Å². The summed E-state index contributed by atoms with van der Waals surface area (Å²) in [6, 6.07) is 4.58. The third kappa shape index (κ3) is 4.96. The standard InChI is InChI=1S/C27H37N7O2S/c1-17(2)24-25(21-15-34-27(28-16-29-34)20(5)19(21)4)30-22-8-9-23(31-26(22)24)33-12-11-32(18(3)14-33)10-7-13-37(6,35)36/h8-9,15-18,30H,7,10-14H2,1-6H3/t18-/m1/s1. The lowest BCUT2D eigenvalue weighted by Crippen LogP contribution is -2.52. The number of aryl methyl sites for hydroxylation is 1. The Labute approximate surface area is 218 Å². The number of rotatable bonds is 7. The third-order valence-corrected chi connectivity index (χ3v) is 8.72. The highest BCUT2D eigenvalue weighted by Gasteiger charge is 2.26. The summed E-state index contributed by atoms with van der Waals surface area (Å²) < 4.78 is 24.9. The van der Waals surface area contributed by atoms with Crippen LogP contribution in [0.5, 0.6) is 0 Å². The van der Waals surface area contributed by atoms with Crippen LogP contribution in [0.4, 0.5) is 5.82 Å². The van der Waals surface area contributed by atoms with Gasteiger partial charge in [-0.3, -0.25) is 4.90 Å². The van der Waals surface area contributed by atoms with Gasteiger partial charge in [-0.1, -0.05) is 13.8 Å². The minimum Gasteiger partial charge on any atom is -0.354 e. The Hall–Kier alpha value is -2.98. The van der Waals surface area contributed by atoms with Gasteiger partial charge in [0.05, 0.1) is 22.5 Å². The van der Waals surface area contributed by atoms with E-state index in [1.165, 1.54) is 17.4 Å². The molecule has 4 aromatic rings. The first-order valence-electron chi connectivity index (χ1n) is 13.0. The van der Waals surface area contributed by atoms with E-state index < -0.39 is 9.84 Å². The Balaban J connectivity index is 1.45. The summed E-state index contributed by atoms with van der Waals surface area (Å²) >= 11 is 0. The van der Waals surface area contributed by atoms with Gasteiger partial charge >= 0.3 is 0 Å². The maximum absolute atomic E-state index is 11.5. The van der Waals surface area contributed by atoms with Gasteiger partial charge in [0.2, 0.25) is 0 Å². The summed E-state index contributed by atoms with van der Waals surface area (Å²) in [4.78, 5) is 18.0. The molecule has 1 fully saturated rings. The van der Waals surface area contributed by atoms with E-state index in [1.54, 1.807) is 6.33 Å². The first-order valence-corrected chi connectivity index (χ1v) is 15.1. The van der Waals surface area contributed by atoms with Crippen molar-refractivity contribution in [2.24, 2.45) is 0 Å². The molecule has 1 saturated heterocycles.